The Morgan fingerprint density at radius 3 is 2.40 bits per heavy atom. The van der Waals surface area contributed by atoms with Crippen LogP contribution in [0.5, 0.6) is 0 Å². The third kappa shape index (κ3) is 2.80. The standard InChI is InChI=1S/C12H17NO2/c1-4-12(13(15-3)10(2)14)11-8-6-5-7-9-11/h5-9,12H,4H2,1-3H3. The molecule has 0 N–H and O–H groups in total. The van der Waals surface area contributed by atoms with Gasteiger partial charge in [0.25, 0.3) is 0 Å². The topological polar surface area (TPSA) is 29.5 Å². The number of carbonyl (C=O) groups is 1. The average Bonchev–Trinajstić information content (AvgIpc) is 2.26. The molecule has 0 aliphatic rings. The predicted molar refractivity (Wildman–Crippen MR) is 59.0 cm³/mol. The van der Waals surface area contributed by atoms with Gasteiger partial charge in [0.05, 0.1) is 13.2 Å². The second-order valence-electron chi connectivity index (χ2n) is 3.36. The zero-order valence-electron chi connectivity index (χ0n) is 9.43. The lowest BCUT2D eigenvalue weighted by atomic mass is 10.0. The number of carbonyl (C=O) groups excluding carboxylic acids is 1. The Bertz CT molecular complexity index is 311. The molecular formula is C12H17NO2. The first kappa shape index (κ1) is 11.7. The van der Waals surface area contributed by atoms with Crippen LogP contribution in [0.4, 0.5) is 0 Å². The monoisotopic (exact) mass is 207 g/mol. The Balaban J connectivity index is 2.92. The summed E-state index contributed by atoms with van der Waals surface area (Å²) < 4.78 is 0. The number of hydrogen-bond acceptors (Lipinski definition) is 2. The molecule has 0 aromatic heterocycles. The third-order valence-electron chi connectivity index (χ3n) is 2.36. The molecule has 0 bridgehead atoms. The fraction of sp³-hybridized carbons (Fsp3) is 0.417. The van der Waals surface area contributed by atoms with Crippen LogP contribution < -0.4 is 0 Å². The van der Waals surface area contributed by atoms with Crippen molar-refractivity contribution in [3.63, 3.8) is 0 Å². The van der Waals surface area contributed by atoms with Gasteiger partial charge in [-0.05, 0) is 12.0 Å². The van der Waals surface area contributed by atoms with Crippen LogP contribution in [0.1, 0.15) is 31.9 Å². The molecule has 1 unspecified atom stereocenters. The molecule has 0 saturated carbocycles. The van der Waals surface area contributed by atoms with Crippen LogP contribution in [-0.4, -0.2) is 18.1 Å². The molecule has 0 saturated heterocycles. The van der Waals surface area contributed by atoms with Gasteiger partial charge < -0.3 is 0 Å². The summed E-state index contributed by atoms with van der Waals surface area (Å²) in [7, 11) is 1.52. The molecule has 82 valence electrons. The Morgan fingerprint density at radius 1 is 1.40 bits per heavy atom. The first-order chi connectivity index (χ1) is 7.20. The molecule has 0 fully saturated rings. The number of hydroxylamine groups is 2. The fourth-order valence-electron chi connectivity index (χ4n) is 1.69. The van der Waals surface area contributed by atoms with Crippen molar-refractivity contribution >= 4 is 5.91 Å². The van der Waals surface area contributed by atoms with Crippen molar-refractivity contribution in [2.45, 2.75) is 26.3 Å². The minimum absolute atomic E-state index is 0.00583. The maximum Gasteiger partial charge on any atom is 0.243 e. The summed E-state index contributed by atoms with van der Waals surface area (Å²) in [4.78, 5) is 16.5. The highest BCUT2D eigenvalue weighted by molar-refractivity contribution is 5.72. The zero-order chi connectivity index (χ0) is 11.3. The first-order valence-corrected chi connectivity index (χ1v) is 5.09. The normalized spacial score (nSPS) is 12.2. The highest BCUT2D eigenvalue weighted by atomic mass is 16.7. The molecule has 1 atom stereocenters. The smallest absolute Gasteiger partial charge is 0.243 e. The maximum atomic E-state index is 11.3. The number of benzene rings is 1. The van der Waals surface area contributed by atoms with Crippen molar-refractivity contribution < 1.29 is 9.63 Å². The predicted octanol–water partition coefficient (Wildman–Crippen LogP) is 2.55. The molecule has 1 rings (SSSR count). The zero-order valence-corrected chi connectivity index (χ0v) is 9.43. The van der Waals surface area contributed by atoms with Crippen molar-refractivity contribution in [1.82, 2.24) is 5.06 Å². The highest BCUT2D eigenvalue weighted by Crippen LogP contribution is 2.23. The summed E-state index contributed by atoms with van der Waals surface area (Å²) in [6.45, 7) is 3.54. The highest BCUT2D eigenvalue weighted by Gasteiger charge is 2.20. The first-order valence-electron chi connectivity index (χ1n) is 5.09. The molecule has 0 aliphatic heterocycles. The van der Waals surface area contributed by atoms with Gasteiger partial charge in [-0.2, -0.15) is 0 Å². The molecule has 1 aromatic rings. The second-order valence-corrected chi connectivity index (χ2v) is 3.36. The van der Waals surface area contributed by atoms with E-state index in [1.54, 1.807) is 0 Å². The van der Waals surface area contributed by atoms with E-state index in [4.69, 9.17) is 4.84 Å². The molecule has 0 aliphatic carbocycles. The van der Waals surface area contributed by atoms with Crippen molar-refractivity contribution in [1.29, 1.82) is 0 Å². The van der Waals surface area contributed by atoms with Crippen LogP contribution >= 0.6 is 0 Å². The molecular weight excluding hydrogens is 190 g/mol. The molecule has 15 heavy (non-hydrogen) atoms. The van der Waals surface area contributed by atoms with E-state index in [1.165, 1.54) is 19.1 Å². The SMILES string of the molecule is CCC(c1ccccc1)N(OC)C(C)=O. The second kappa shape index (κ2) is 5.51. The Labute approximate surface area is 90.6 Å². The van der Waals surface area contributed by atoms with Gasteiger partial charge in [-0.3, -0.25) is 9.63 Å². The third-order valence-corrected chi connectivity index (χ3v) is 2.36. The summed E-state index contributed by atoms with van der Waals surface area (Å²) in [6, 6.07) is 9.89. The fourth-order valence-corrected chi connectivity index (χ4v) is 1.69. The quantitative estimate of drug-likeness (QED) is 0.710. The summed E-state index contributed by atoms with van der Waals surface area (Å²) in [5, 5.41) is 1.41. The molecule has 0 radical (unpaired) electrons. The number of rotatable bonds is 4. The van der Waals surface area contributed by atoms with Crippen LogP contribution in [0, 0.1) is 0 Å². The van der Waals surface area contributed by atoms with Crippen molar-refractivity contribution in [2.75, 3.05) is 7.11 Å². The maximum absolute atomic E-state index is 11.3. The van der Waals surface area contributed by atoms with Gasteiger partial charge in [-0.15, -0.1) is 0 Å². The average molecular weight is 207 g/mol. The number of hydrogen-bond donors (Lipinski definition) is 0. The van der Waals surface area contributed by atoms with Gasteiger partial charge in [0.2, 0.25) is 5.91 Å². The van der Waals surface area contributed by atoms with E-state index in [2.05, 4.69) is 0 Å². The van der Waals surface area contributed by atoms with E-state index in [-0.39, 0.29) is 11.9 Å². The van der Waals surface area contributed by atoms with Gasteiger partial charge in [0, 0.05) is 6.92 Å². The van der Waals surface area contributed by atoms with Crippen molar-refractivity contribution in [2.24, 2.45) is 0 Å². The van der Waals surface area contributed by atoms with Gasteiger partial charge in [-0.25, -0.2) is 5.06 Å². The van der Waals surface area contributed by atoms with Crippen molar-refractivity contribution in [3.8, 4) is 0 Å². The lowest BCUT2D eigenvalue weighted by Crippen LogP contribution is -2.31. The molecule has 3 nitrogen and oxygen atoms in total. The van der Waals surface area contributed by atoms with Crippen LogP contribution in [-0.2, 0) is 9.63 Å². The van der Waals surface area contributed by atoms with E-state index >= 15 is 0 Å². The summed E-state index contributed by atoms with van der Waals surface area (Å²) in [5.74, 6) is -0.0757. The lowest BCUT2D eigenvalue weighted by molar-refractivity contribution is -0.187. The van der Waals surface area contributed by atoms with Crippen LogP contribution in [0.2, 0.25) is 0 Å². The van der Waals surface area contributed by atoms with E-state index in [1.807, 2.05) is 37.3 Å². The summed E-state index contributed by atoms with van der Waals surface area (Å²) >= 11 is 0. The Kier molecular flexibility index (Phi) is 4.31. The molecule has 1 aromatic carbocycles. The molecule has 3 heteroatoms. The summed E-state index contributed by atoms with van der Waals surface area (Å²) in [5.41, 5.74) is 1.09. The van der Waals surface area contributed by atoms with Crippen LogP contribution in [0.25, 0.3) is 0 Å². The van der Waals surface area contributed by atoms with Gasteiger partial charge >= 0.3 is 0 Å². The van der Waals surface area contributed by atoms with Crippen LogP contribution in [0.15, 0.2) is 30.3 Å². The van der Waals surface area contributed by atoms with Gasteiger partial charge in [0.1, 0.15) is 0 Å². The Morgan fingerprint density at radius 2 is 2.00 bits per heavy atom. The van der Waals surface area contributed by atoms with Gasteiger partial charge in [0.15, 0.2) is 0 Å². The van der Waals surface area contributed by atoms with Crippen molar-refractivity contribution in [3.05, 3.63) is 35.9 Å². The molecule has 1 amide bonds. The minimum Gasteiger partial charge on any atom is -0.274 e. The van der Waals surface area contributed by atoms with E-state index in [9.17, 15) is 4.79 Å². The number of nitrogens with zero attached hydrogens (tertiary/aromatic N) is 1. The number of amides is 1. The van der Waals surface area contributed by atoms with E-state index in [0.29, 0.717) is 0 Å². The van der Waals surface area contributed by atoms with E-state index in [0.717, 1.165) is 12.0 Å². The van der Waals surface area contributed by atoms with E-state index < -0.39 is 0 Å². The lowest BCUT2D eigenvalue weighted by Gasteiger charge is -2.27. The minimum atomic E-state index is -0.0757. The van der Waals surface area contributed by atoms with Crippen LogP contribution in [0.3, 0.4) is 0 Å². The molecule has 0 spiro atoms. The largest absolute Gasteiger partial charge is 0.274 e. The molecule has 0 heterocycles. The Hall–Kier alpha value is -1.35. The van der Waals surface area contributed by atoms with Gasteiger partial charge in [-0.1, -0.05) is 37.3 Å². The summed E-state index contributed by atoms with van der Waals surface area (Å²) in [6.07, 6.45) is 0.831.